The topological polar surface area (TPSA) is 61.8 Å². The predicted octanol–water partition coefficient (Wildman–Crippen LogP) is 17.2. The molecular weight excluding hydrogens is 717 g/mol. The predicted molar refractivity (Wildman–Crippen MR) is 252 cm³/mol. The molecule has 0 N–H and O–H groups in total. The first-order chi connectivity index (χ1) is 28.6. The Morgan fingerprint density at radius 2 is 0.724 bits per heavy atom. The molecule has 0 heterocycles. The van der Waals surface area contributed by atoms with Crippen molar-refractivity contribution in [2.45, 2.75) is 284 Å². The molecule has 1 unspecified atom stereocenters. The van der Waals surface area contributed by atoms with Crippen molar-refractivity contribution in [1.82, 2.24) is 0 Å². The fourth-order valence-electron chi connectivity index (χ4n) is 7.60. The molecule has 0 spiro atoms. The van der Waals surface area contributed by atoms with Crippen LogP contribution in [-0.2, 0) is 23.8 Å². The minimum Gasteiger partial charge on any atom is -0.462 e. The number of hydrogen-bond donors (Lipinski definition) is 0. The van der Waals surface area contributed by atoms with E-state index in [9.17, 15) is 9.59 Å². The molecule has 1 atom stereocenters. The summed E-state index contributed by atoms with van der Waals surface area (Å²) in [5.41, 5.74) is 0. The van der Waals surface area contributed by atoms with E-state index in [1.165, 1.54) is 205 Å². The maximum Gasteiger partial charge on any atom is 0.306 e. The summed E-state index contributed by atoms with van der Waals surface area (Å²) >= 11 is 0. The third-order valence-corrected chi connectivity index (χ3v) is 11.5. The Morgan fingerprint density at radius 3 is 1.17 bits per heavy atom. The van der Waals surface area contributed by atoms with Crippen LogP contribution < -0.4 is 0 Å². The van der Waals surface area contributed by atoms with Crippen molar-refractivity contribution in [3.63, 3.8) is 0 Å². The van der Waals surface area contributed by atoms with Crippen LogP contribution in [0.25, 0.3) is 0 Å². The maximum absolute atomic E-state index is 12.8. The molecule has 0 fully saturated rings. The van der Waals surface area contributed by atoms with Crippen molar-refractivity contribution >= 4 is 11.9 Å². The van der Waals surface area contributed by atoms with E-state index in [2.05, 4.69) is 45.1 Å². The smallest absolute Gasteiger partial charge is 0.306 e. The molecule has 342 valence electrons. The summed E-state index contributed by atoms with van der Waals surface area (Å²) in [5.74, 6) is -0.389. The van der Waals surface area contributed by atoms with Crippen molar-refractivity contribution in [3.05, 3.63) is 24.3 Å². The Hall–Kier alpha value is -1.62. The number of unbranched alkanes of at least 4 members (excludes halogenated alkanes) is 33. The molecule has 0 aromatic carbocycles. The Labute approximate surface area is 362 Å². The SMILES string of the molecule is CCCCC/C=C\C/C=C\CCCCCCCCCC(=O)OCC(COCCCCCCCCCCCCCCCC)OC(=O)CCCCCCCCCCCCC. The highest BCUT2D eigenvalue weighted by Gasteiger charge is 2.17. The monoisotopic (exact) mass is 817 g/mol. The molecule has 0 saturated carbocycles. The van der Waals surface area contributed by atoms with Gasteiger partial charge in [0.15, 0.2) is 6.10 Å². The van der Waals surface area contributed by atoms with Crippen molar-refractivity contribution in [1.29, 1.82) is 0 Å². The van der Waals surface area contributed by atoms with E-state index < -0.39 is 6.10 Å². The van der Waals surface area contributed by atoms with Crippen LogP contribution in [-0.4, -0.2) is 37.9 Å². The fourth-order valence-corrected chi connectivity index (χ4v) is 7.60. The molecule has 58 heavy (non-hydrogen) atoms. The van der Waals surface area contributed by atoms with Crippen LogP contribution in [0.5, 0.6) is 0 Å². The second-order valence-electron chi connectivity index (χ2n) is 17.4. The van der Waals surface area contributed by atoms with Crippen molar-refractivity contribution < 1.29 is 23.8 Å². The fraction of sp³-hybridized carbons (Fsp3) is 0.887. The third kappa shape index (κ3) is 47.1. The van der Waals surface area contributed by atoms with Gasteiger partial charge in [0.2, 0.25) is 0 Å². The van der Waals surface area contributed by atoms with Crippen LogP contribution in [0.1, 0.15) is 278 Å². The Kier molecular flexibility index (Phi) is 48.4. The Morgan fingerprint density at radius 1 is 0.379 bits per heavy atom. The summed E-state index contributed by atoms with van der Waals surface area (Å²) in [6.07, 6.45) is 57.5. The van der Waals surface area contributed by atoms with E-state index in [1.807, 2.05) is 0 Å². The maximum atomic E-state index is 12.8. The van der Waals surface area contributed by atoms with Crippen molar-refractivity contribution in [2.75, 3.05) is 19.8 Å². The first-order valence-corrected chi connectivity index (χ1v) is 25.9. The summed E-state index contributed by atoms with van der Waals surface area (Å²) in [5, 5.41) is 0. The first kappa shape index (κ1) is 56.4. The highest BCUT2D eigenvalue weighted by Crippen LogP contribution is 2.15. The molecule has 0 aromatic heterocycles. The number of esters is 2. The second-order valence-corrected chi connectivity index (χ2v) is 17.4. The molecule has 0 aliphatic heterocycles. The van der Waals surface area contributed by atoms with Crippen LogP contribution in [0.15, 0.2) is 24.3 Å². The standard InChI is InChI=1S/C53H100O5/c1-4-7-10-13-16-19-22-24-26-27-28-29-32-34-37-40-43-46-52(54)57-50-51(58-53(55)47-44-41-38-35-31-21-18-15-12-9-6-3)49-56-48-45-42-39-36-33-30-25-23-20-17-14-11-8-5-2/h16,19,24,26,51H,4-15,17-18,20-23,25,27-50H2,1-3H3/b19-16-,26-24-. The van der Waals surface area contributed by atoms with E-state index in [0.717, 1.165) is 38.5 Å². The largest absolute Gasteiger partial charge is 0.462 e. The van der Waals surface area contributed by atoms with Crippen LogP contribution in [0.4, 0.5) is 0 Å². The van der Waals surface area contributed by atoms with Crippen LogP contribution in [0.3, 0.4) is 0 Å². The summed E-state index contributed by atoms with van der Waals surface area (Å²) < 4.78 is 17.4. The average molecular weight is 817 g/mol. The van der Waals surface area contributed by atoms with Crippen LogP contribution >= 0.6 is 0 Å². The molecule has 5 heteroatoms. The molecule has 0 saturated heterocycles. The summed E-state index contributed by atoms with van der Waals surface area (Å²) in [6, 6.07) is 0. The van der Waals surface area contributed by atoms with Gasteiger partial charge in [0.25, 0.3) is 0 Å². The van der Waals surface area contributed by atoms with Gasteiger partial charge in [0, 0.05) is 19.4 Å². The van der Waals surface area contributed by atoms with E-state index >= 15 is 0 Å². The van der Waals surface area contributed by atoms with E-state index in [0.29, 0.717) is 26.1 Å². The molecule has 0 aliphatic carbocycles. The number of carbonyl (C=O) groups is 2. The Balaban J connectivity index is 4.20. The van der Waals surface area contributed by atoms with Crippen LogP contribution in [0, 0.1) is 0 Å². The van der Waals surface area contributed by atoms with Gasteiger partial charge >= 0.3 is 11.9 Å². The average Bonchev–Trinajstić information content (AvgIpc) is 3.22. The van der Waals surface area contributed by atoms with Gasteiger partial charge in [0.05, 0.1) is 6.61 Å². The zero-order chi connectivity index (χ0) is 42.1. The van der Waals surface area contributed by atoms with Crippen molar-refractivity contribution in [2.24, 2.45) is 0 Å². The van der Waals surface area contributed by atoms with E-state index in [-0.39, 0.29) is 18.5 Å². The van der Waals surface area contributed by atoms with Gasteiger partial charge < -0.3 is 14.2 Å². The van der Waals surface area contributed by atoms with Gasteiger partial charge in [-0.05, 0) is 51.4 Å². The zero-order valence-corrected chi connectivity index (χ0v) is 39.3. The second kappa shape index (κ2) is 49.7. The summed E-state index contributed by atoms with van der Waals surface area (Å²) in [6.45, 7) is 7.84. The number of hydrogen-bond acceptors (Lipinski definition) is 5. The number of rotatable bonds is 48. The van der Waals surface area contributed by atoms with Crippen molar-refractivity contribution in [3.8, 4) is 0 Å². The molecule has 0 rings (SSSR count). The lowest BCUT2D eigenvalue weighted by Gasteiger charge is -2.18. The van der Waals surface area contributed by atoms with Gasteiger partial charge in [-0.2, -0.15) is 0 Å². The van der Waals surface area contributed by atoms with Gasteiger partial charge in [-0.25, -0.2) is 0 Å². The quantitative estimate of drug-likeness (QED) is 0.0348. The number of allylic oxidation sites excluding steroid dienone is 4. The lowest BCUT2D eigenvalue weighted by molar-refractivity contribution is -0.163. The highest BCUT2D eigenvalue weighted by molar-refractivity contribution is 5.70. The lowest BCUT2D eigenvalue weighted by Crippen LogP contribution is -2.30. The minimum atomic E-state index is -0.530. The molecule has 5 nitrogen and oxygen atoms in total. The third-order valence-electron chi connectivity index (χ3n) is 11.5. The molecule has 0 radical (unpaired) electrons. The van der Waals surface area contributed by atoms with Gasteiger partial charge in [-0.3, -0.25) is 9.59 Å². The van der Waals surface area contributed by atoms with Gasteiger partial charge in [-0.15, -0.1) is 0 Å². The lowest BCUT2D eigenvalue weighted by atomic mass is 10.0. The zero-order valence-electron chi connectivity index (χ0n) is 39.3. The highest BCUT2D eigenvalue weighted by atomic mass is 16.6. The molecular formula is C53H100O5. The van der Waals surface area contributed by atoms with Gasteiger partial charge in [0.1, 0.15) is 6.61 Å². The first-order valence-electron chi connectivity index (χ1n) is 25.9. The molecule has 0 aromatic rings. The van der Waals surface area contributed by atoms with Crippen LogP contribution in [0.2, 0.25) is 0 Å². The van der Waals surface area contributed by atoms with E-state index in [4.69, 9.17) is 14.2 Å². The van der Waals surface area contributed by atoms with E-state index in [1.54, 1.807) is 0 Å². The Bertz CT molecular complexity index is 882. The molecule has 0 amide bonds. The number of carbonyl (C=O) groups excluding carboxylic acids is 2. The molecule has 0 bridgehead atoms. The molecule has 0 aliphatic rings. The summed E-state index contributed by atoms with van der Waals surface area (Å²) in [7, 11) is 0. The van der Waals surface area contributed by atoms with Gasteiger partial charge in [-0.1, -0.05) is 238 Å². The number of ether oxygens (including phenoxy) is 3. The summed E-state index contributed by atoms with van der Waals surface area (Å²) in [4.78, 5) is 25.3. The minimum absolute atomic E-state index is 0.0886. The normalized spacial score (nSPS) is 12.3.